The van der Waals surface area contributed by atoms with Crippen molar-refractivity contribution < 1.29 is 8.42 Å². The van der Waals surface area contributed by atoms with E-state index in [1.807, 2.05) is 24.4 Å². The van der Waals surface area contributed by atoms with Crippen molar-refractivity contribution in [1.29, 1.82) is 0 Å². The Kier molecular flexibility index (Phi) is 4.24. The van der Waals surface area contributed by atoms with Crippen molar-refractivity contribution in [3.05, 3.63) is 59.9 Å². The molecule has 0 bridgehead atoms. The molecule has 1 aliphatic heterocycles. The molecule has 116 valence electrons. The lowest BCUT2D eigenvalue weighted by Gasteiger charge is -2.39. The summed E-state index contributed by atoms with van der Waals surface area (Å²) in [6, 6.07) is 11.1. The molecule has 22 heavy (non-hydrogen) atoms. The predicted octanol–water partition coefficient (Wildman–Crippen LogP) is 1.59. The minimum absolute atomic E-state index is 0.301. The standard InChI is InChI=1S/C16H19N3O2S/c1-17-22(20,21)16-6-4-13(5-7-16)10-19-11-15(12-19)14-3-2-8-18-9-14/h2-9,15,17H,10-12H2,1H3. The summed E-state index contributed by atoms with van der Waals surface area (Å²) in [6.45, 7) is 2.88. The van der Waals surface area contributed by atoms with Crippen LogP contribution in [-0.4, -0.2) is 38.4 Å². The summed E-state index contributed by atoms with van der Waals surface area (Å²) < 4.78 is 25.7. The van der Waals surface area contributed by atoms with Gasteiger partial charge in [-0.1, -0.05) is 18.2 Å². The first-order chi connectivity index (χ1) is 10.6. The summed E-state index contributed by atoms with van der Waals surface area (Å²) in [4.78, 5) is 6.80. The van der Waals surface area contributed by atoms with Crippen LogP contribution in [0.5, 0.6) is 0 Å². The zero-order valence-corrected chi connectivity index (χ0v) is 13.3. The number of likely N-dealkylation sites (tertiary alicyclic amines) is 1. The van der Waals surface area contributed by atoms with Gasteiger partial charge in [-0.25, -0.2) is 13.1 Å². The fraction of sp³-hybridized carbons (Fsp3) is 0.312. The van der Waals surface area contributed by atoms with Crippen LogP contribution >= 0.6 is 0 Å². The summed E-state index contributed by atoms with van der Waals surface area (Å²) in [5.74, 6) is 0.553. The molecule has 2 heterocycles. The number of rotatable bonds is 5. The van der Waals surface area contributed by atoms with E-state index < -0.39 is 10.0 Å². The smallest absolute Gasteiger partial charge is 0.240 e. The quantitative estimate of drug-likeness (QED) is 0.910. The number of sulfonamides is 1. The number of hydrogen-bond acceptors (Lipinski definition) is 4. The molecule has 0 saturated carbocycles. The highest BCUT2D eigenvalue weighted by Gasteiger charge is 2.27. The number of nitrogens with zero attached hydrogens (tertiary/aromatic N) is 2. The fourth-order valence-electron chi connectivity index (χ4n) is 2.68. The zero-order valence-electron chi connectivity index (χ0n) is 12.4. The number of pyridine rings is 1. The van der Waals surface area contributed by atoms with E-state index in [1.54, 1.807) is 18.3 Å². The van der Waals surface area contributed by atoms with Crippen LogP contribution in [0.25, 0.3) is 0 Å². The van der Waals surface area contributed by atoms with Gasteiger partial charge in [-0.05, 0) is 36.4 Å². The van der Waals surface area contributed by atoms with E-state index in [-0.39, 0.29) is 0 Å². The molecule has 1 aliphatic rings. The second-order valence-electron chi connectivity index (χ2n) is 5.53. The summed E-state index contributed by atoms with van der Waals surface area (Å²) >= 11 is 0. The third-order valence-corrected chi connectivity index (χ3v) is 5.45. The highest BCUT2D eigenvalue weighted by Crippen LogP contribution is 2.27. The first kappa shape index (κ1) is 15.1. The molecule has 2 aromatic rings. The number of hydrogen-bond donors (Lipinski definition) is 1. The Bertz CT molecular complexity index is 724. The molecule has 0 spiro atoms. The van der Waals surface area contributed by atoms with Gasteiger partial charge in [-0.3, -0.25) is 9.88 Å². The Morgan fingerprint density at radius 2 is 1.95 bits per heavy atom. The van der Waals surface area contributed by atoms with Crippen LogP contribution in [0.1, 0.15) is 17.0 Å². The number of aromatic nitrogens is 1. The molecule has 0 unspecified atom stereocenters. The van der Waals surface area contributed by atoms with Crippen LogP contribution in [0, 0.1) is 0 Å². The molecule has 0 amide bonds. The fourth-order valence-corrected chi connectivity index (χ4v) is 3.41. The lowest BCUT2D eigenvalue weighted by atomic mass is 9.92. The highest BCUT2D eigenvalue weighted by atomic mass is 32.2. The Balaban J connectivity index is 1.57. The zero-order chi connectivity index (χ0) is 15.6. The topological polar surface area (TPSA) is 62.3 Å². The van der Waals surface area contributed by atoms with Gasteiger partial charge in [-0.2, -0.15) is 0 Å². The van der Waals surface area contributed by atoms with Crippen LogP contribution in [0.15, 0.2) is 53.7 Å². The Morgan fingerprint density at radius 3 is 2.55 bits per heavy atom. The van der Waals surface area contributed by atoms with E-state index in [0.29, 0.717) is 10.8 Å². The summed E-state index contributed by atoms with van der Waals surface area (Å²) in [5, 5.41) is 0. The van der Waals surface area contributed by atoms with Gasteiger partial charge in [0.25, 0.3) is 0 Å². The molecule has 1 aromatic heterocycles. The lowest BCUT2D eigenvalue weighted by molar-refractivity contribution is 0.139. The summed E-state index contributed by atoms with van der Waals surface area (Å²) in [7, 11) is -1.93. The Hall–Kier alpha value is -1.76. The van der Waals surface area contributed by atoms with Gasteiger partial charge >= 0.3 is 0 Å². The van der Waals surface area contributed by atoms with Crippen LogP contribution in [-0.2, 0) is 16.6 Å². The first-order valence-electron chi connectivity index (χ1n) is 7.23. The molecule has 1 aromatic carbocycles. The normalized spacial score (nSPS) is 16.4. The van der Waals surface area contributed by atoms with Crippen LogP contribution in [0.3, 0.4) is 0 Å². The van der Waals surface area contributed by atoms with Gasteiger partial charge in [-0.15, -0.1) is 0 Å². The maximum Gasteiger partial charge on any atom is 0.240 e. The third-order valence-electron chi connectivity index (χ3n) is 4.02. The highest BCUT2D eigenvalue weighted by molar-refractivity contribution is 7.89. The third kappa shape index (κ3) is 3.19. The van der Waals surface area contributed by atoms with Gasteiger partial charge in [0.05, 0.1) is 4.90 Å². The molecule has 0 radical (unpaired) electrons. The van der Waals surface area contributed by atoms with Crippen molar-refractivity contribution in [3.63, 3.8) is 0 Å². The van der Waals surface area contributed by atoms with Crippen molar-refractivity contribution in [2.45, 2.75) is 17.4 Å². The summed E-state index contributed by atoms with van der Waals surface area (Å²) in [6.07, 6.45) is 3.72. The minimum Gasteiger partial charge on any atom is -0.298 e. The molecular formula is C16H19N3O2S. The predicted molar refractivity (Wildman–Crippen MR) is 84.9 cm³/mol. The van der Waals surface area contributed by atoms with Gasteiger partial charge in [0.2, 0.25) is 10.0 Å². The largest absolute Gasteiger partial charge is 0.298 e. The molecule has 1 fully saturated rings. The van der Waals surface area contributed by atoms with Crippen molar-refractivity contribution in [2.24, 2.45) is 0 Å². The maximum absolute atomic E-state index is 11.7. The van der Waals surface area contributed by atoms with Gasteiger partial charge in [0.1, 0.15) is 0 Å². The van der Waals surface area contributed by atoms with Crippen LogP contribution < -0.4 is 4.72 Å². The first-order valence-corrected chi connectivity index (χ1v) is 8.71. The second kappa shape index (κ2) is 6.16. The van der Waals surface area contributed by atoms with E-state index in [0.717, 1.165) is 25.2 Å². The van der Waals surface area contributed by atoms with Crippen LogP contribution in [0.4, 0.5) is 0 Å². The summed E-state index contributed by atoms with van der Waals surface area (Å²) in [5.41, 5.74) is 2.41. The van der Waals surface area contributed by atoms with E-state index in [1.165, 1.54) is 12.6 Å². The molecule has 5 nitrogen and oxygen atoms in total. The minimum atomic E-state index is -3.35. The lowest BCUT2D eigenvalue weighted by Crippen LogP contribution is -2.44. The average molecular weight is 317 g/mol. The van der Waals surface area contributed by atoms with Crippen molar-refractivity contribution in [3.8, 4) is 0 Å². The molecule has 0 aliphatic carbocycles. The van der Waals surface area contributed by atoms with E-state index in [2.05, 4.69) is 20.7 Å². The molecule has 0 atom stereocenters. The van der Waals surface area contributed by atoms with Crippen molar-refractivity contribution in [2.75, 3.05) is 20.1 Å². The van der Waals surface area contributed by atoms with E-state index >= 15 is 0 Å². The molecular weight excluding hydrogens is 298 g/mol. The molecule has 3 rings (SSSR count). The molecule has 1 N–H and O–H groups in total. The van der Waals surface area contributed by atoms with E-state index in [4.69, 9.17) is 0 Å². The van der Waals surface area contributed by atoms with Crippen molar-refractivity contribution >= 4 is 10.0 Å². The van der Waals surface area contributed by atoms with Gasteiger partial charge in [0.15, 0.2) is 0 Å². The van der Waals surface area contributed by atoms with Crippen LogP contribution in [0.2, 0.25) is 0 Å². The number of nitrogens with one attached hydrogen (secondary N) is 1. The molecule has 6 heteroatoms. The number of benzene rings is 1. The van der Waals surface area contributed by atoms with Crippen molar-refractivity contribution in [1.82, 2.24) is 14.6 Å². The Labute approximate surface area is 131 Å². The average Bonchev–Trinajstić information content (AvgIpc) is 2.52. The van der Waals surface area contributed by atoms with Gasteiger partial charge < -0.3 is 0 Å². The monoisotopic (exact) mass is 317 g/mol. The second-order valence-corrected chi connectivity index (χ2v) is 7.42. The molecule has 1 saturated heterocycles. The maximum atomic E-state index is 11.7. The van der Waals surface area contributed by atoms with Gasteiger partial charge in [0, 0.05) is 37.9 Å². The Morgan fingerprint density at radius 1 is 1.23 bits per heavy atom. The van der Waals surface area contributed by atoms with E-state index in [9.17, 15) is 8.42 Å². The SMILES string of the molecule is CNS(=O)(=O)c1ccc(CN2CC(c3cccnc3)C2)cc1.